The van der Waals surface area contributed by atoms with Crippen LogP contribution < -0.4 is 5.48 Å². The average Bonchev–Trinajstić information content (AvgIpc) is 2.29. The van der Waals surface area contributed by atoms with Gasteiger partial charge >= 0.3 is 15.6 Å². The number of allylic oxidation sites excluding steroid dienone is 2. The molecule has 0 aromatic rings. The van der Waals surface area contributed by atoms with Gasteiger partial charge in [0.05, 0.1) is 0 Å². The molecule has 0 saturated heterocycles. The van der Waals surface area contributed by atoms with Crippen molar-refractivity contribution >= 4 is 10.1 Å². The number of halogens is 3. The molecular formula is C9H11F3N2O3S. The summed E-state index contributed by atoms with van der Waals surface area (Å²) in [6, 6.07) is 1.61. The van der Waals surface area contributed by atoms with Crippen LogP contribution in [0.25, 0.3) is 0 Å². The Hall–Kier alpha value is -1.27. The highest BCUT2D eigenvalue weighted by Crippen LogP contribution is 2.26. The number of hydrogen-bond acceptors (Lipinski definition) is 5. The Morgan fingerprint density at radius 2 is 1.83 bits per heavy atom. The summed E-state index contributed by atoms with van der Waals surface area (Å²) in [7, 11) is -5.74. The van der Waals surface area contributed by atoms with Crippen LogP contribution in [-0.2, 0) is 14.4 Å². The lowest BCUT2D eigenvalue weighted by atomic mass is 9.94. The number of alkyl halides is 3. The number of nitrogens with one attached hydrogen (secondary N) is 1. The Bertz CT molecular complexity index is 468. The van der Waals surface area contributed by atoms with Crippen molar-refractivity contribution in [2.24, 2.45) is 0 Å². The summed E-state index contributed by atoms with van der Waals surface area (Å²) in [5, 5.41) is 8.75. The zero-order valence-electron chi connectivity index (χ0n) is 9.25. The van der Waals surface area contributed by atoms with Crippen LogP contribution in [0.2, 0.25) is 0 Å². The molecule has 0 aromatic heterocycles. The number of hydroxylamine groups is 1. The van der Waals surface area contributed by atoms with E-state index in [4.69, 9.17) is 5.26 Å². The van der Waals surface area contributed by atoms with E-state index in [2.05, 4.69) is 4.28 Å². The van der Waals surface area contributed by atoms with Crippen molar-refractivity contribution in [2.45, 2.75) is 37.6 Å². The monoisotopic (exact) mass is 284 g/mol. The van der Waals surface area contributed by atoms with E-state index in [0.29, 0.717) is 18.4 Å². The van der Waals surface area contributed by atoms with Gasteiger partial charge in [0, 0.05) is 0 Å². The first-order valence-electron chi connectivity index (χ1n) is 5.16. The van der Waals surface area contributed by atoms with Crippen LogP contribution >= 0.6 is 0 Å². The van der Waals surface area contributed by atoms with Gasteiger partial charge in [0.25, 0.3) is 0 Å². The van der Waals surface area contributed by atoms with E-state index in [-0.39, 0.29) is 5.70 Å². The third-order valence-corrected chi connectivity index (χ3v) is 3.33. The summed E-state index contributed by atoms with van der Waals surface area (Å²) in [4.78, 5) is 0. The summed E-state index contributed by atoms with van der Waals surface area (Å²) < 4.78 is 60.8. The van der Waals surface area contributed by atoms with Gasteiger partial charge in [0.1, 0.15) is 11.8 Å². The molecule has 102 valence electrons. The van der Waals surface area contributed by atoms with Crippen LogP contribution in [0.5, 0.6) is 0 Å². The normalized spacial score (nSPS) is 17.1. The molecule has 0 aliphatic heterocycles. The van der Waals surface area contributed by atoms with Gasteiger partial charge in [-0.15, -0.1) is 4.28 Å². The second-order valence-electron chi connectivity index (χ2n) is 3.74. The summed E-state index contributed by atoms with van der Waals surface area (Å²) >= 11 is 0. The maximum absolute atomic E-state index is 12.0. The van der Waals surface area contributed by atoms with Gasteiger partial charge in [-0.3, -0.25) is 0 Å². The van der Waals surface area contributed by atoms with Gasteiger partial charge in [0.2, 0.25) is 0 Å². The molecule has 5 nitrogen and oxygen atoms in total. The van der Waals surface area contributed by atoms with E-state index in [1.54, 1.807) is 11.5 Å². The van der Waals surface area contributed by atoms with Crippen molar-refractivity contribution in [1.29, 1.82) is 5.26 Å². The number of rotatable bonds is 3. The highest BCUT2D eigenvalue weighted by Gasteiger charge is 2.48. The molecule has 18 heavy (non-hydrogen) atoms. The molecule has 0 heterocycles. The number of nitriles is 1. The van der Waals surface area contributed by atoms with Gasteiger partial charge < -0.3 is 0 Å². The second-order valence-corrected chi connectivity index (χ2v) is 5.27. The van der Waals surface area contributed by atoms with Crippen LogP contribution in [0.1, 0.15) is 32.1 Å². The van der Waals surface area contributed by atoms with Crippen LogP contribution in [0, 0.1) is 11.3 Å². The third-order valence-electron chi connectivity index (χ3n) is 2.46. The Morgan fingerprint density at radius 1 is 1.28 bits per heavy atom. The van der Waals surface area contributed by atoms with E-state index >= 15 is 0 Å². The second kappa shape index (κ2) is 5.58. The van der Waals surface area contributed by atoms with Crippen molar-refractivity contribution in [3.63, 3.8) is 0 Å². The lowest BCUT2D eigenvalue weighted by Gasteiger charge is -2.16. The molecule has 0 bridgehead atoms. The van der Waals surface area contributed by atoms with Gasteiger partial charge in [-0.25, -0.2) is 5.48 Å². The van der Waals surface area contributed by atoms with Crippen molar-refractivity contribution in [1.82, 2.24) is 5.48 Å². The van der Waals surface area contributed by atoms with Crippen LogP contribution in [0.15, 0.2) is 11.3 Å². The molecule has 0 aromatic carbocycles. The predicted octanol–water partition coefficient (Wildman–Crippen LogP) is 2.10. The smallest absolute Gasteiger partial charge is 0.239 e. The third kappa shape index (κ3) is 3.61. The Morgan fingerprint density at radius 3 is 2.28 bits per heavy atom. The van der Waals surface area contributed by atoms with Crippen LogP contribution in [0.3, 0.4) is 0 Å². The highest BCUT2D eigenvalue weighted by molar-refractivity contribution is 7.87. The summed E-state index contributed by atoms with van der Waals surface area (Å²) in [5.41, 5.74) is -3.60. The molecule has 1 N–H and O–H groups in total. The topological polar surface area (TPSA) is 79.2 Å². The van der Waals surface area contributed by atoms with E-state index in [1.807, 2.05) is 0 Å². The maximum atomic E-state index is 12.0. The SMILES string of the molecule is N#CC(NOS(=O)(=O)C(F)(F)F)=C1CCCCC1. The Balaban J connectivity index is 2.75. The molecule has 0 spiro atoms. The Labute approximate surface area is 102 Å². The van der Waals surface area contributed by atoms with Gasteiger partial charge in [-0.05, 0) is 31.3 Å². The van der Waals surface area contributed by atoms with Crippen molar-refractivity contribution in [3.05, 3.63) is 11.3 Å². The lowest BCUT2D eigenvalue weighted by molar-refractivity contribution is -0.0571. The lowest BCUT2D eigenvalue weighted by Crippen LogP contribution is -2.31. The van der Waals surface area contributed by atoms with E-state index in [0.717, 1.165) is 19.3 Å². The van der Waals surface area contributed by atoms with Crippen molar-refractivity contribution in [3.8, 4) is 6.07 Å². The number of hydrogen-bond donors (Lipinski definition) is 1. The summed E-state index contributed by atoms with van der Waals surface area (Å²) in [6.45, 7) is 0. The van der Waals surface area contributed by atoms with Crippen molar-refractivity contribution in [2.75, 3.05) is 0 Å². The highest BCUT2D eigenvalue weighted by atomic mass is 32.2. The minimum atomic E-state index is -5.74. The van der Waals surface area contributed by atoms with E-state index in [9.17, 15) is 21.6 Å². The van der Waals surface area contributed by atoms with Crippen LogP contribution in [0.4, 0.5) is 13.2 Å². The first kappa shape index (κ1) is 14.8. The fraction of sp³-hybridized carbons (Fsp3) is 0.667. The molecule has 0 amide bonds. The van der Waals surface area contributed by atoms with E-state index < -0.39 is 15.6 Å². The zero-order chi connectivity index (χ0) is 13.8. The average molecular weight is 284 g/mol. The molecule has 1 aliphatic carbocycles. The molecule has 0 unspecified atom stereocenters. The molecule has 1 rings (SSSR count). The molecule has 0 atom stereocenters. The zero-order valence-corrected chi connectivity index (χ0v) is 10.1. The van der Waals surface area contributed by atoms with Crippen molar-refractivity contribution < 1.29 is 25.9 Å². The molecule has 0 radical (unpaired) electrons. The fourth-order valence-corrected chi connectivity index (χ4v) is 1.83. The fourth-order valence-electron chi connectivity index (χ4n) is 1.55. The molecule has 1 saturated carbocycles. The maximum Gasteiger partial charge on any atom is 0.525 e. The molecular weight excluding hydrogens is 273 g/mol. The molecule has 1 fully saturated rings. The van der Waals surface area contributed by atoms with E-state index in [1.165, 1.54) is 0 Å². The molecule has 9 heteroatoms. The van der Waals surface area contributed by atoms with Crippen LogP contribution in [-0.4, -0.2) is 13.9 Å². The summed E-state index contributed by atoms with van der Waals surface area (Å²) in [6.07, 6.45) is 3.70. The Kier molecular flexibility index (Phi) is 4.59. The minimum Gasteiger partial charge on any atom is -0.239 e. The van der Waals surface area contributed by atoms with Gasteiger partial charge in [-0.2, -0.15) is 26.9 Å². The van der Waals surface area contributed by atoms with Gasteiger partial charge in [0.15, 0.2) is 0 Å². The largest absolute Gasteiger partial charge is 0.525 e. The first-order valence-corrected chi connectivity index (χ1v) is 6.56. The number of nitrogens with zero attached hydrogens (tertiary/aromatic N) is 1. The molecule has 1 aliphatic rings. The van der Waals surface area contributed by atoms with Gasteiger partial charge in [-0.1, -0.05) is 6.42 Å². The standard InChI is InChI=1S/C9H11F3N2O3S/c10-9(11,12)18(15,16)17-14-8(6-13)7-4-2-1-3-5-7/h14H,1-5H2. The minimum absolute atomic E-state index is 0.262. The summed E-state index contributed by atoms with van der Waals surface area (Å²) in [5.74, 6) is 0. The first-order chi connectivity index (χ1) is 8.28. The quantitative estimate of drug-likeness (QED) is 0.487. The predicted molar refractivity (Wildman–Crippen MR) is 54.9 cm³/mol.